The average molecular weight is 501 g/mol. The summed E-state index contributed by atoms with van der Waals surface area (Å²) in [6.45, 7) is 5.79. The van der Waals surface area contributed by atoms with Gasteiger partial charge in [0, 0.05) is 36.6 Å². The van der Waals surface area contributed by atoms with Crippen molar-refractivity contribution in [3.05, 3.63) is 48.7 Å². The van der Waals surface area contributed by atoms with E-state index in [1.807, 2.05) is 19.9 Å². The minimum absolute atomic E-state index is 0.0129. The molecule has 1 aliphatic heterocycles. The molecular formula is C27H29FN8O. The normalized spacial score (nSPS) is 15.1. The molecule has 5 aromatic rings. The van der Waals surface area contributed by atoms with Gasteiger partial charge in [0.05, 0.1) is 28.5 Å². The summed E-state index contributed by atoms with van der Waals surface area (Å²) in [6, 6.07) is 7.27. The van der Waals surface area contributed by atoms with E-state index in [9.17, 15) is 5.11 Å². The van der Waals surface area contributed by atoms with Gasteiger partial charge in [0.2, 0.25) is 0 Å². The van der Waals surface area contributed by atoms with Gasteiger partial charge in [-0.1, -0.05) is 13.8 Å². The Morgan fingerprint density at radius 2 is 1.95 bits per heavy atom. The van der Waals surface area contributed by atoms with Crippen LogP contribution in [0.3, 0.4) is 0 Å². The van der Waals surface area contributed by atoms with Crippen LogP contribution in [0.25, 0.3) is 44.7 Å². The summed E-state index contributed by atoms with van der Waals surface area (Å²) >= 11 is 0. The summed E-state index contributed by atoms with van der Waals surface area (Å²) in [6.07, 6.45) is 7.80. The number of hydrogen-bond acceptors (Lipinski definition) is 7. The second kappa shape index (κ2) is 9.44. The summed E-state index contributed by atoms with van der Waals surface area (Å²) in [7, 11) is 0. The first-order chi connectivity index (χ1) is 18.0. The third-order valence-corrected chi connectivity index (χ3v) is 6.95. The number of H-pyrrole nitrogens is 2. The SMILES string of the molecule is CC(C)C(O)Nc1cncc(-c2ccc3[nH]nc(-c4nc5c(N6CCCCC6)ccnc5[nH]4)c3c2F)c1. The number of nitrogens with one attached hydrogen (secondary N) is 3. The summed E-state index contributed by atoms with van der Waals surface area (Å²) in [5, 5.41) is 20.9. The summed E-state index contributed by atoms with van der Waals surface area (Å²) in [5.41, 5.74) is 5.00. The van der Waals surface area contributed by atoms with Gasteiger partial charge in [-0.2, -0.15) is 5.10 Å². The molecule has 0 saturated carbocycles. The van der Waals surface area contributed by atoms with Crippen molar-refractivity contribution in [3.63, 3.8) is 0 Å². The van der Waals surface area contributed by atoms with Gasteiger partial charge in [-0.05, 0) is 49.4 Å². The van der Waals surface area contributed by atoms with Crippen LogP contribution in [-0.2, 0) is 0 Å². The van der Waals surface area contributed by atoms with E-state index >= 15 is 4.39 Å². The molecule has 1 saturated heterocycles. The summed E-state index contributed by atoms with van der Waals surface area (Å²) in [5.74, 6) is 0.0519. The number of aromatic amines is 2. The van der Waals surface area contributed by atoms with Crippen molar-refractivity contribution in [1.82, 2.24) is 30.1 Å². The second-order valence-corrected chi connectivity index (χ2v) is 9.88. The Hall–Kier alpha value is -4.05. The molecule has 1 atom stereocenters. The van der Waals surface area contributed by atoms with E-state index in [-0.39, 0.29) is 5.92 Å². The largest absolute Gasteiger partial charge is 0.374 e. The highest BCUT2D eigenvalue weighted by Gasteiger charge is 2.22. The Morgan fingerprint density at radius 3 is 2.76 bits per heavy atom. The van der Waals surface area contributed by atoms with Crippen LogP contribution in [0.1, 0.15) is 33.1 Å². The maximum Gasteiger partial charge on any atom is 0.161 e. The van der Waals surface area contributed by atoms with E-state index in [4.69, 9.17) is 4.98 Å². The molecule has 4 aromatic heterocycles. The number of piperidine rings is 1. The number of imidazole rings is 1. The molecule has 5 heterocycles. The average Bonchev–Trinajstić information content (AvgIpc) is 3.54. The van der Waals surface area contributed by atoms with Crippen molar-refractivity contribution >= 4 is 33.4 Å². The smallest absolute Gasteiger partial charge is 0.161 e. The third kappa shape index (κ3) is 4.27. The summed E-state index contributed by atoms with van der Waals surface area (Å²) < 4.78 is 16.1. The minimum atomic E-state index is -0.735. The molecule has 0 aliphatic carbocycles. The number of aliphatic hydroxyl groups excluding tert-OH is 1. The highest BCUT2D eigenvalue weighted by Crippen LogP contribution is 2.35. The molecule has 0 spiro atoms. The minimum Gasteiger partial charge on any atom is -0.374 e. The lowest BCUT2D eigenvalue weighted by atomic mass is 10.0. The molecule has 1 aromatic carbocycles. The number of benzene rings is 1. The number of rotatable bonds is 6. The predicted octanol–water partition coefficient (Wildman–Crippen LogP) is 5.08. The van der Waals surface area contributed by atoms with E-state index in [1.165, 1.54) is 6.42 Å². The van der Waals surface area contributed by atoms with E-state index < -0.39 is 12.0 Å². The Bertz CT molecular complexity index is 1570. The predicted molar refractivity (Wildman–Crippen MR) is 143 cm³/mol. The van der Waals surface area contributed by atoms with E-state index in [0.717, 1.165) is 37.1 Å². The number of aliphatic hydroxyl groups is 1. The highest BCUT2D eigenvalue weighted by atomic mass is 19.1. The number of fused-ring (bicyclic) bond motifs is 2. The molecule has 0 amide bonds. The molecule has 1 fully saturated rings. The van der Waals surface area contributed by atoms with Crippen molar-refractivity contribution in [2.75, 3.05) is 23.3 Å². The molecular weight excluding hydrogens is 471 g/mol. The van der Waals surface area contributed by atoms with Gasteiger partial charge >= 0.3 is 0 Å². The van der Waals surface area contributed by atoms with Crippen molar-refractivity contribution in [3.8, 4) is 22.6 Å². The van der Waals surface area contributed by atoms with E-state index in [1.54, 1.807) is 36.8 Å². The zero-order valence-electron chi connectivity index (χ0n) is 20.8. The van der Waals surface area contributed by atoms with Crippen molar-refractivity contribution < 1.29 is 9.50 Å². The molecule has 10 heteroatoms. The van der Waals surface area contributed by atoms with Crippen LogP contribution in [-0.4, -0.2) is 54.6 Å². The Morgan fingerprint density at radius 1 is 1.11 bits per heavy atom. The fourth-order valence-corrected chi connectivity index (χ4v) is 4.87. The van der Waals surface area contributed by atoms with Crippen molar-refractivity contribution in [1.29, 1.82) is 0 Å². The molecule has 0 bridgehead atoms. The molecule has 0 radical (unpaired) electrons. The molecule has 1 unspecified atom stereocenters. The van der Waals surface area contributed by atoms with Crippen LogP contribution >= 0.6 is 0 Å². The van der Waals surface area contributed by atoms with Crippen LogP contribution in [0, 0.1) is 11.7 Å². The number of aromatic nitrogens is 6. The Labute approximate surface area is 213 Å². The Kier molecular flexibility index (Phi) is 5.96. The Balaban J connectivity index is 1.41. The van der Waals surface area contributed by atoms with Gasteiger partial charge in [0.25, 0.3) is 0 Å². The number of nitrogens with zero attached hydrogens (tertiary/aromatic N) is 5. The quantitative estimate of drug-likeness (QED) is 0.240. The van der Waals surface area contributed by atoms with Crippen LogP contribution in [0.5, 0.6) is 0 Å². The third-order valence-electron chi connectivity index (χ3n) is 6.95. The molecule has 37 heavy (non-hydrogen) atoms. The lowest BCUT2D eigenvalue weighted by Crippen LogP contribution is -2.29. The topological polar surface area (TPSA) is 119 Å². The fourth-order valence-electron chi connectivity index (χ4n) is 4.87. The first-order valence-electron chi connectivity index (χ1n) is 12.7. The standard InChI is InChI=1S/C27H29FN8O/c1-15(2)27(37)31-17-12-16(13-29-14-17)18-6-7-19-21(22(18)28)24(35-34-19)26-32-23-20(8-9-30-25(23)33-26)36-10-4-3-5-11-36/h6-9,12-15,27,31,37H,3-5,10-11H2,1-2H3,(H,34,35)(H,30,32,33). The monoisotopic (exact) mass is 500 g/mol. The maximum atomic E-state index is 16.1. The number of halogens is 1. The first kappa shape index (κ1) is 23.4. The second-order valence-electron chi connectivity index (χ2n) is 9.88. The highest BCUT2D eigenvalue weighted by molar-refractivity contribution is 5.97. The van der Waals surface area contributed by atoms with Crippen molar-refractivity contribution in [2.45, 2.75) is 39.3 Å². The van der Waals surface area contributed by atoms with Crippen LogP contribution in [0.2, 0.25) is 0 Å². The van der Waals surface area contributed by atoms with Gasteiger partial charge in [-0.3, -0.25) is 10.1 Å². The molecule has 6 rings (SSSR count). The van der Waals surface area contributed by atoms with Crippen molar-refractivity contribution in [2.24, 2.45) is 5.92 Å². The van der Waals surface area contributed by atoms with Gasteiger partial charge < -0.3 is 20.3 Å². The molecule has 190 valence electrons. The fraction of sp³-hybridized carbons (Fsp3) is 0.333. The van der Waals surface area contributed by atoms with Crippen LogP contribution in [0.4, 0.5) is 15.8 Å². The van der Waals surface area contributed by atoms with Gasteiger partial charge in [-0.15, -0.1) is 0 Å². The zero-order chi connectivity index (χ0) is 25.5. The molecule has 9 nitrogen and oxygen atoms in total. The number of anilines is 2. The lowest BCUT2D eigenvalue weighted by molar-refractivity contribution is 0.153. The van der Waals surface area contributed by atoms with E-state index in [2.05, 4.69) is 35.4 Å². The van der Waals surface area contributed by atoms with Gasteiger partial charge in [0.15, 0.2) is 11.5 Å². The van der Waals surface area contributed by atoms with Gasteiger partial charge in [0.1, 0.15) is 23.3 Å². The number of hydrogen-bond donors (Lipinski definition) is 4. The van der Waals surface area contributed by atoms with E-state index in [0.29, 0.717) is 44.9 Å². The zero-order valence-corrected chi connectivity index (χ0v) is 20.8. The molecule has 4 N–H and O–H groups in total. The maximum absolute atomic E-state index is 16.1. The first-order valence-corrected chi connectivity index (χ1v) is 12.7. The summed E-state index contributed by atoms with van der Waals surface area (Å²) in [4.78, 5) is 19.1. The van der Waals surface area contributed by atoms with Crippen LogP contribution < -0.4 is 10.2 Å². The number of pyridine rings is 2. The lowest BCUT2D eigenvalue weighted by Gasteiger charge is -2.28. The molecule has 1 aliphatic rings. The van der Waals surface area contributed by atoms with Crippen LogP contribution in [0.15, 0.2) is 42.9 Å². The van der Waals surface area contributed by atoms with Gasteiger partial charge in [-0.25, -0.2) is 14.4 Å².